The molecule has 0 radical (unpaired) electrons. The fraction of sp³-hybridized carbons (Fsp3) is 0.250. The van der Waals surface area contributed by atoms with Crippen LogP contribution in [0.2, 0.25) is 5.02 Å². The van der Waals surface area contributed by atoms with Crippen LogP contribution in [-0.2, 0) is 9.53 Å². The van der Waals surface area contributed by atoms with Gasteiger partial charge in [0.25, 0.3) is 5.91 Å². The number of rotatable bonds is 8. The second-order valence-electron chi connectivity index (χ2n) is 8.52. The lowest BCUT2D eigenvalue weighted by Gasteiger charge is -2.24. The number of nitrogens with zero attached hydrogens (tertiary/aromatic N) is 2. The van der Waals surface area contributed by atoms with E-state index in [0.717, 1.165) is 11.1 Å². The van der Waals surface area contributed by atoms with Gasteiger partial charge in [-0.05, 0) is 29.3 Å². The molecule has 1 fully saturated rings. The lowest BCUT2D eigenvalue weighted by atomic mass is 10.0. The van der Waals surface area contributed by atoms with Crippen molar-refractivity contribution >= 4 is 29.1 Å². The summed E-state index contributed by atoms with van der Waals surface area (Å²) in [5.41, 5.74) is 3.65. The monoisotopic (exact) mass is 505 g/mol. The Bertz CT molecular complexity index is 1230. The molecular weight excluding hydrogens is 478 g/mol. The molecule has 4 rings (SSSR count). The molecule has 3 aromatic rings. The van der Waals surface area contributed by atoms with E-state index in [1.54, 1.807) is 24.3 Å². The highest BCUT2D eigenvalue weighted by Gasteiger charge is 2.38. The molecule has 8 heteroatoms. The van der Waals surface area contributed by atoms with E-state index in [-0.39, 0.29) is 31.6 Å². The first-order valence-electron chi connectivity index (χ1n) is 11.7. The summed E-state index contributed by atoms with van der Waals surface area (Å²) in [6.07, 6.45) is -0.542. The summed E-state index contributed by atoms with van der Waals surface area (Å²) in [5.74, 6) is -0.610. The van der Waals surface area contributed by atoms with Gasteiger partial charge in [-0.15, -0.1) is 0 Å². The van der Waals surface area contributed by atoms with Crippen molar-refractivity contribution in [1.29, 1.82) is 0 Å². The number of amides is 2. The number of hydrogen-bond acceptors (Lipinski definition) is 5. The van der Waals surface area contributed by atoms with E-state index in [4.69, 9.17) is 16.3 Å². The lowest BCUT2D eigenvalue weighted by molar-refractivity contribution is -0.125. The fourth-order valence-electron chi connectivity index (χ4n) is 4.18. The number of nitrogens with one attached hydrogen (secondary N) is 1. The van der Waals surface area contributed by atoms with Gasteiger partial charge >= 0.3 is 0 Å². The molecule has 0 unspecified atom stereocenters. The third-order valence-electron chi connectivity index (χ3n) is 6.11. The normalized spacial score (nSPS) is 17.2. The van der Waals surface area contributed by atoms with E-state index >= 15 is 0 Å². The summed E-state index contributed by atoms with van der Waals surface area (Å²) in [7, 11) is 1.54. The summed E-state index contributed by atoms with van der Waals surface area (Å²) in [6.45, 7) is 0.428. The number of aliphatic imine (C=N–C) groups is 1. The van der Waals surface area contributed by atoms with Crippen molar-refractivity contribution in [2.45, 2.75) is 18.6 Å². The molecule has 0 aliphatic carbocycles. The summed E-state index contributed by atoms with van der Waals surface area (Å²) in [6, 6.07) is 23.0. The highest BCUT2D eigenvalue weighted by Crippen LogP contribution is 2.28. The number of hydrogen-bond donors (Lipinski definition) is 2. The Kier molecular flexibility index (Phi) is 8.48. The predicted octanol–water partition coefficient (Wildman–Crippen LogP) is 4.12. The summed E-state index contributed by atoms with van der Waals surface area (Å²) >= 11 is 6.31. The van der Waals surface area contributed by atoms with Gasteiger partial charge in [0.1, 0.15) is 12.8 Å². The summed E-state index contributed by atoms with van der Waals surface area (Å²) < 4.78 is 5.04. The Balaban J connectivity index is 1.49. The number of aliphatic hydroxyl groups is 1. The number of methoxy groups -OCH3 is 1. The van der Waals surface area contributed by atoms with Gasteiger partial charge in [-0.1, -0.05) is 72.3 Å². The van der Waals surface area contributed by atoms with E-state index in [9.17, 15) is 14.7 Å². The number of likely N-dealkylation sites (tertiary alicyclic amines) is 1. The highest BCUT2D eigenvalue weighted by molar-refractivity contribution is 6.33. The molecule has 7 nitrogen and oxygen atoms in total. The van der Waals surface area contributed by atoms with Crippen molar-refractivity contribution in [2.24, 2.45) is 4.99 Å². The first-order valence-corrected chi connectivity index (χ1v) is 12.0. The van der Waals surface area contributed by atoms with Crippen LogP contribution < -0.4 is 5.32 Å². The maximum absolute atomic E-state index is 13.4. The predicted molar refractivity (Wildman–Crippen MR) is 140 cm³/mol. The standard InChI is InChI=1S/C28H28ClN3O4/c1-36-18-31-22-15-25(27(34)30-16-26(33)20-7-3-2-4-8-20)32(17-22)28(35)21-13-11-19(12-14-21)23-9-5-6-10-24(23)29/h2-14,25-26,33H,15-18H2,1H3,(H,30,34)/b31-22+/t25-,26+/m0/s1. The molecule has 186 valence electrons. The van der Waals surface area contributed by atoms with E-state index in [1.807, 2.05) is 54.6 Å². The quantitative estimate of drug-likeness (QED) is 0.482. The van der Waals surface area contributed by atoms with Crippen LogP contribution in [0, 0.1) is 0 Å². The Morgan fingerprint density at radius 2 is 1.78 bits per heavy atom. The van der Waals surface area contributed by atoms with Gasteiger partial charge in [0, 0.05) is 41.9 Å². The van der Waals surface area contributed by atoms with Crippen molar-refractivity contribution < 1.29 is 19.4 Å². The van der Waals surface area contributed by atoms with Gasteiger partial charge < -0.3 is 20.1 Å². The van der Waals surface area contributed by atoms with Crippen molar-refractivity contribution in [3.8, 4) is 11.1 Å². The minimum Gasteiger partial charge on any atom is -0.387 e. The van der Waals surface area contributed by atoms with Gasteiger partial charge in [-0.3, -0.25) is 14.6 Å². The first-order chi connectivity index (χ1) is 17.5. The number of ether oxygens (including phenoxy) is 1. The zero-order chi connectivity index (χ0) is 25.5. The molecule has 1 aliphatic rings. The van der Waals surface area contributed by atoms with Gasteiger partial charge in [0.05, 0.1) is 12.6 Å². The van der Waals surface area contributed by atoms with Crippen molar-refractivity contribution in [3.05, 3.63) is 95.0 Å². The SMILES string of the molecule is COC/N=C1\C[C@@H](C(=O)NC[C@@H](O)c2ccccc2)N(C(=O)c2ccc(-c3ccccc3Cl)cc2)C1. The highest BCUT2D eigenvalue weighted by atomic mass is 35.5. The average molecular weight is 506 g/mol. The molecule has 2 atom stereocenters. The van der Waals surface area contributed by atoms with Gasteiger partial charge in [0.15, 0.2) is 0 Å². The molecule has 0 saturated carbocycles. The Labute approximate surface area is 215 Å². The molecule has 0 spiro atoms. The molecule has 1 aliphatic heterocycles. The number of carbonyl (C=O) groups excluding carboxylic acids is 2. The van der Waals surface area contributed by atoms with E-state index in [2.05, 4.69) is 10.3 Å². The molecule has 0 bridgehead atoms. The largest absolute Gasteiger partial charge is 0.387 e. The third kappa shape index (κ3) is 5.99. The van der Waals surface area contributed by atoms with Gasteiger partial charge in [-0.25, -0.2) is 0 Å². The minimum absolute atomic E-state index is 0.0401. The maximum Gasteiger partial charge on any atom is 0.254 e. The van der Waals surface area contributed by atoms with E-state index in [0.29, 0.717) is 28.3 Å². The first kappa shape index (κ1) is 25.6. The molecule has 36 heavy (non-hydrogen) atoms. The number of aliphatic hydroxyl groups excluding tert-OH is 1. The number of carbonyl (C=O) groups is 2. The Morgan fingerprint density at radius 1 is 1.08 bits per heavy atom. The van der Waals surface area contributed by atoms with Crippen LogP contribution in [-0.4, -0.2) is 60.5 Å². The van der Waals surface area contributed by atoms with Crippen LogP contribution in [0.25, 0.3) is 11.1 Å². The lowest BCUT2D eigenvalue weighted by Crippen LogP contribution is -2.46. The average Bonchev–Trinajstić information content (AvgIpc) is 3.35. The number of halogens is 1. The minimum atomic E-state index is -0.848. The Morgan fingerprint density at radius 3 is 2.47 bits per heavy atom. The zero-order valence-corrected chi connectivity index (χ0v) is 20.7. The molecule has 1 saturated heterocycles. The topological polar surface area (TPSA) is 91.2 Å². The summed E-state index contributed by atoms with van der Waals surface area (Å²) in [4.78, 5) is 32.4. The second kappa shape index (κ2) is 11.9. The van der Waals surface area contributed by atoms with Crippen LogP contribution in [0.3, 0.4) is 0 Å². The molecular formula is C28H28ClN3O4. The van der Waals surface area contributed by atoms with Crippen LogP contribution >= 0.6 is 11.6 Å². The van der Waals surface area contributed by atoms with E-state index in [1.165, 1.54) is 12.0 Å². The molecule has 2 amide bonds. The smallest absolute Gasteiger partial charge is 0.254 e. The van der Waals surface area contributed by atoms with Crippen LogP contribution in [0.5, 0.6) is 0 Å². The van der Waals surface area contributed by atoms with Crippen molar-refractivity contribution in [1.82, 2.24) is 10.2 Å². The fourth-order valence-corrected chi connectivity index (χ4v) is 4.43. The van der Waals surface area contributed by atoms with Crippen molar-refractivity contribution in [3.63, 3.8) is 0 Å². The van der Waals surface area contributed by atoms with Crippen LogP contribution in [0.15, 0.2) is 83.9 Å². The third-order valence-corrected chi connectivity index (χ3v) is 6.44. The van der Waals surface area contributed by atoms with Gasteiger partial charge in [0.2, 0.25) is 5.91 Å². The number of benzene rings is 3. The Hall–Kier alpha value is -3.52. The van der Waals surface area contributed by atoms with Crippen molar-refractivity contribution in [2.75, 3.05) is 26.9 Å². The zero-order valence-electron chi connectivity index (χ0n) is 19.9. The molecule has 1 heterocycles. The maximum atomic E-state index is 13.4. The van der Waals surface area contributed by atoms with Gasteiger partial charge in [-0.2, -0.15) is 0 Å². The van der Waals surface area contributed by atoms with Crippen LogP contribution in [0.1, 0.15) is 28.4 Å². The summed E-state index contributed by atoms with van der Waals surface area (Å²) in [5, 5.41) is 13.8. The molecule has 0 aromatic heterocycles. The van der Waals surface area contributed by atoms with Crippen LogP contribution in [0.4, 0.5) is 0 Å². The van der Waals surface area contributed by atoms with E-state index < -0.39 is 12.1 Å². The second-order valence-corrected chi connectivity index (χ2v) is 8.93. The molecule has 3 aromatic carbocycles. The molecule has 2 N–H and O–H groups in total.